The molecule has 0 spiro atoms. The molecule has 2 aliphatic carbocycles. The minimum atomic E-state index is -0.787. The van der Waals surface area contributed by atoms with Gasteiger partial charge in [0.25, 0.3) is 0 Å². The Hall–Kier alpha value is -0.700. The fourth-order valence-electron chi connectivity index (χ4n) is 4.49. The van der Waals surface area contributed by atoms with E-state index >= 15 is 0 Å². The zero-order valence-corrected chi connectivity index (χ0v) is 17.2. The van der Waals surface area contributed by atoms with E-state index in [0.717, 1.165) is 6.42 Å². The third-order valence-corrected chi connectivity index (χ3v) is 6.72. The zero-order valence-electron chi connectivity index (χ0n) is 17.2. The molecule has 150 valence electrons. The van der Waals surface area contributed by atoms with Crippen LogP contribution in [0.25, 0.3) is 0 Å². The van der Waals surface area contributed by atoms with Crippen molar-refractivity contribution in [3.8, 4) is 0 Å². The molecule has 0 aromatic carbocycles. The standard InChI is InChI=1S/C23H40O3/c1-19(24)17-22(13-14-22)11-9-7-5-3-4-6-8-10-12-23(15-16-23)18-21(26)20(2)25/h20,25H,3-18H2,1-2H3. The third-order valence-electron chi connectivity index (χ3n) is 6.72. The number of rotatable bonds is 16. The number of aliphatic hydroxyl groups excluding tert-OH is 1. The van der Waals surface area contributed by atoms with Gasteiger partial charge in [0, 0.05) is 12.8 Å². The van der Waals surface area contributed by atoms with Crippen LogP contribution >= 0.6 is 0 Å². The fraction of sp³-hybridized carbons (Fsp3) is 0.913. The molecule has 2 fully saturated rings. The molecule has 0 saturated heterocycles. The van der Waals surface area contributed by atoms with Gasteiger partial charge in [-0.15, -0.1) is 0 Å². The van der Waals surface area contributed by atoms with E-state index in [1.165, 1.54) is 89.9 Å². The van der Waals surface area contributed by atoms with E-state index in [-0.39, 0.29) is 11.2 Å². The first-order valence-corrected chi connectivity index (χ1v) is 11.1. The SMILES string of the molecule is CC(=O)CC1(CCCCCCCCCCC2(CC(=O)C(C)O)CC2)CC1. The second-order valence-electron chi connectivity index (χ2n) is 9.53. The van der Waals surface area contributed by atoms with Gasteiger partial charge < -0.3 is 9.90 Å². The van der Waals surface area contributed by atoms with Crippen LogP contribution in [0.1, 0.15) is 117 Å². The largest absolute Gasteiger partial charge is 0.386 e. The van der Waals surface area contributed by atoms with Crippen molar-refractivity contribution in [2.75, 3.05) is 0 Å². The Bertz CT molecular complexity index is 458. The van der Waals surface area contributed by atoms with Crippen molar-refractivity contribution < 1.29 is 14.7 Å². The molecule has 0 bridgehead atoms. The van der Waals surface area contributed by atoms with E-state index in [9.17, 15) is 14.7 Å². The molecule has 0 heterocycles. The van der Waals surface area contributed by atoms with E-state index in [1.54, 1.807) is 13.8 Å². The Morgan fingerprint density at radius 3 is 1.50 bits per heavy atom. The Morgan fingerprint density at radius 2 is 1.15 bits per heavy atom. The second kappa shape index (κ2) is 10.0. The molecule has 0 radical (unpaired) electrons. The third kappa shape index (κ3) is 7.90. The van der Waals surface area contributed by atoms with Crippen molar-refractivity contribution >= 4 is 11.6 Å². The summed E-state index contributed by atoms with van der Waals surface area (Å²) in [6.07, 6.45) is 18.4. The van der Waals surface area contributed by atoms with Crippen LogP contribution in [0.4, 0.5) is 0 Å². The summed E-state index contributed by atoms with van der Waals surface area (Å²) in [6.45, 7) is 3.32. The summed E-state index contributed by atoms with van der Waals surface area (Å²) in [5.41, 5.74) is 0.673. The lowest BCUT2D eigenvalue weighted by atomic mass is 9.91. The molecular formula is C23H40O3. The summed E-state index contributed by atoms with van der Waals surface area (Å²) >= 11 is 0. The Balaban J connectivity index is 1.39. The number of unbranched alkanes of at least 4 members (excludes halogenated alkanes) is 7. The number of aliphatic hydroxyl groups is 1. The monoisotopic (exact) mass is 364 g/mol. The highest BCUT2D eigenvalue weighted by molar-refractivity contribution is 5.83. The van der Waals surface area contributed by atoms with Crippen LogP contribution in [0.15, 0.2) is 0 Å². The Kier molecular flexibility index (Phi) is 8.32. The first kappa shape index (κ1) is 21.6. The van der Waals surface area contributed by atoms with Crippen molar-refractivity contribution in [2.24, 2.45) is 10.8 Å². The number of carbonyl (C=O) groups is 2. The lowest BCUT2D eigenvalue weighted by Gasteiger charge is -2.15. The first-order chi connectivity index (χ1) is 12.4. The quantitative estimate of drug-likeness (QED) is 0.354. The van der Waals surface area contributed by atoms with Crippen molar-refractivity contribution in [2.45, 2.75) is 123 Å². The fourth-order valence-corrected chi connectivity index (χ4v) is 4.49. The summed E-state index contributed by atoms with van der Waals surface area (Å²) in [7, 11) is 0. The molecule has 2 saturated carbocycles. The molecule has 2 rings (SSSR count). The molecule has 3 heteroatoms. The van der Waals surface area contributed by atoms with E-state index in [2.05, 4.69) is 0 Å². The lowest BCUT2D eigenvalue weighted by Crippen LogP contribution is -2.20. The van der Waals surface area contributed by atoms with Gasteiger partial charge in [0.2, 0.25) is 0 Å². The van der Waals surface area contributed by atoms with Gasteiger partial charge in [-0.2, -0.15) is 0 Å². The molecule has 1 atom stereocenters. The van der Waals surface area contributed by atoms with E-state index in [1.807, 2.05) is 0 Å². The predicted octanol–water partition coefficient (Wildman–Crippen LogP) is 5.77. The smallest absolute Gasteiger partial charge is 0.161 e. The number of hydrogen-bond acceptors (Lipinski definition) is 3. The average Bonchev–Trinajstić information content (AvgIpc) is 3.48. The van der Waals surface area contributed by atoms with Crippen LogP contribution in [0.3, 0.4) is 0 Å². The highest BCUT2D eigenvalue weighted by Crippen LogP contribution is 2.53. The van der Waals surface area contributed by atoms with E-state index < -0.39 is 6.10 Å². The first-order valence-electron chi connectivity index (χ1n) is 11.1. The van der Waals surface area contributed by atoms with Gasteiger partial charge in [-0.05, 0) is 63.2 Å². The van der Waals surface area contributed by atoms with Gasteiger partial charge in [-0.3, -0.25) is 4.79 Å². The highest BCUT2D eigenvalue weighted by Gasteiger charge is 2.44. The molecule has 0 aliphatic heterocycles. The molecule has 3 nitrogen and oxygen atoms in total. The summed E-state index contributed by atoms with van der Waals surface area (Å²) in [6, 6.07) is 0. The van der Waals surface area contributed by atoms with Gasteiger partial charge in [-0.25, -0.2) is 0 Å². The van der Waals surface area contributed by atoms with Crippen LogP contribution < -0.4 is 0 Å². The molecular weight excluding hydrogens is 324 g/mol. The summed E-state index contributed by atoms with van der Waals surface area (Å²) in [4.78, 5) is 23.0. The summed E-state index contributed by atoms with van der Waals surface area (Å²) in [5.74, 6) is 0.393. The zero-order chi connectivity index (χ0) is 19.0. The molecule has 2 aliphatic rings. The molecule has 0 aromatic heterocycles. The summed E-state index contributed by atoms with van der Waals surface area (Å²) in [5, 5.41) is 9.36. The van der Waals surface area contributed by atoms with E-state index in [0.29, 0.717) is 17.6 Å². The maximum Gasteiger partial charge on any atom is 0.161 e. The van der Waals surface area contributed by atoms with Crippen molar-refractivity contribution in [1.82, 2.24) is 0 Å². The maximum absolute atomic E-state index is 11.7. The molecule has 1 unspecified atom stereocenters. The average molecular weight is 365 g/mol. The van der Waals surface area contributed by atoms with Gasteiger partial charge in [0.1, 0.15) is 11.9 Å². The lowest BCUT2D eigenvalue weighted by molar-refractivity contribution is -0.127. The molecule has 0 aromatic rings. The Labute approximate surface area is 160 Å². The van der Waals surface area contributed by atoms with Crippen molar-refractivity contribution in [1.29, 1.82) is 0 Å². The topological polar surface area (TPSA) is 54.4 Å². The number of hydrogen-bond donors (Lipinski definition) is 1. The van der Waals surface area contributed by atoms with Crippen LogP contribution in [-0.4, -0.2) is 22.8 Å². The molecule has 0 amide bonds. The van der Waals surface area contributed by atoms with Crippen LogP contribution in [-0.2, 0) is 9.59 Å². The number of Topliss-reactive ketones (excluding diaryl/α,β-unsaturated/α-hetero) is 2. The van der Waals surface area contributed by atoms with Gasteiger partial charge in [0.05, 0.1) is 0 Å². The van der Waals surface area contributed by atoms with Crippen molar-refractivity contribution in [3.63, 3.8) is 0 Å². The minimum Gasteiger partial charge on any atom is -0.386 e. The Morgan fingerprint density at radius 1 is 0.769 bits per heavy atom. The normalized spacial score (nSPS) is 20.6. The van der Waals surface area contributed by atoms with E-state index in [4.69, 9.17) is 0 Å². The maximum atomic E-state index is 11.7. The van der Waals surface area contributed by atoms with Crippen LogP contribution in [0, 0.1) is 10.8 Å². The molecule has 1 N–H and O–H groups in total. The molecule has 26 heavy (non-hydrogen) atoms. The number of ketones is 2. The van der Waals surface area contributed by atoms with Crippen LogP contribution in [0.2, 0.25) is 0 Å². The minimum absolute atomic E-state index is 0.0266. The number of carbonyl (C=O) groups excluding carboxylic acids is 2. The summed E-state index contributed by atoms with van der Waals surface area (Å²) < 4.78 is 0. The highest BCUT2D eigenvalue weighted by atomic mass is 16.3. The van der Waals surface area contributed by atoms with Gasteiger partial charge in [-0.1, -0.05) is 51.4 Å². The van der Waals surface area contributed by atoms with Gasteiger partial charge in [0.15, 0.2) is 5.78 Å². The van der Waals surface area contributed by atoms with Crippen LogP contribution in [0.5, 0.6) is 0 Å². The predicted molar refractivity (Wildman–Crippen MR) is 106 cm³/mol. The van der Waals surface area contributed by atoms with Gasteiger partial charge >= 0.3 is 0 Å². The second-order valence-corrected chi connectivity index (χ2v) is 9.53. The van der Waals surface area contributed by atoms with Crippen molar-refractivity contribution in [3.05, 3.63) is 0 Å².